The maximum atomic E-state index is 11.7. The maximum absolute atomic E-state index is 11.7. The van der Waals surface area contributed by atoms with Gasteiger partial charge in [-0.05, 0) is 6.42 Å². The van der Waals surface area contributed by atoms with Crippen molar-refractivity contribution in [1.82, 2.24) is 0 Å². The van der Waals surface area contributed by atoms with Crippen molar-refractivity contribution in [3.05, 3.63) is 12.2 Å². The summed E-state index contributed by atoms with van der Waals surface area (Å²) in [5.74, 6) is -1.14. The summed E-state index contributed by atoms with van der Waals surface area (Å²) in [4.78, 5) is 22.5. The molecule has 94 valence electrons. The van der Waals surface area contributed by atoms with Crippen molar-refractivity contribution in [2.24, 2.45) is 11.8 Å². The average molecular weight is 240 g/mol. The SMILES string of the molecule is COC(=O)C(COC(C)=O)C1CC2C=CC1O2. The molecule has 4 atom stereocenters. The highest BCUT2D eigenvalue weighted by molar-refractivity contribution is 5.74. The van der Waals surface area contributed by atoms with Gasteiger partial charge in [0.2, 0.25) is 0 Å². The van der Waals surface area contributed by atoms with Gasteiger partial charge in [-0.15, -0.1) is 0 Å². The molecule has 2 aliphatic heterocycles. The monoisotopic (exact) mass is 240 g/mol. The van der Waals surface area contributed by atoms with Crippen molar-refractivity contribution in [3.8, 4) is 0 Å². The second kappa shape index (κ2) is 4.87. The molecule has 2 heterocycles. The van der Waals surface area contributed by atoms with Crippen LogP contribution in [0.5, 0.6) is 0 Å². The Kier molecular flexibility index (Phi) is 3.47. The molecule has 0 amide bonds. The Morgan fingerprint density at radius 2 is 2.24 bits per heavy atom. The number of fused-ring (bicyclic) bond motifs is 2. The smallest absolute Gasteiger partial charge is 0.312 e. The van der Waals surface area contributed by atoms with Crippen LogP contribution in [0.15, 0.2) is 12.2 Å². The van der Waals surface area contributed by atoms with Gasteiger partial charge in [0.1, 0.15) is 6.61 Å². The van der Waals surface area contributed by atoms with E-state index >= 15 is 0 Å². The van der Waals surface area contributed by atoms with Gasteiger partial charge >= 0.3 is 11.9 Å². The lowest BCUT2D eigenvalue weighted by Crippen LogP contribution is -2.34. The summed E-state index contributed by atoms with van der Waals surface area (Å²) in [7, 11) is 1.34. The van der Waals surface area contributed by atoms with Gasteiger partial charge in [-0.2, -0.15) is 0 Å². The Balaban J connectivity index is 2.02. The van der Waals surface area contributed by atoms with E-state index in [9.17, 15) is 9.59 Å². The van der Waals surface area contributed by atoms with E-state index < -0.39 is 11.9 Å². The molecule has 5 heteroatoms. The second-order valence-electron chi connectivity index (χ2n) is 4.36. The Morgan fingerprint density at radius 3 is 2.71 bits per heavy atom. The minimum absolute atomic E-state index is 0.0387. The standard InChI is InChI=1S/C12H16O5/c1-7(13)16-6-10(12(14)15-2)9-5-8-3-4-11(9)17-8/h3-4,8-11H,5-6H2,1-2H3. The highest BCUT2D eigenvalue weighted by Gasteiger charge is 2.44. The molecule has 2 bridgehead atoms. The molecule has 5 nitrogen and oxygen atoms in total. The zero-order valence-electron chi connectivity index (χ0n) is 9.92. The number of hydrogen-bond acceptors (Lipinski definition) is 5. The lowest BCUT2D eigenvalue weighted by atomic mass is 9.83. The van der Waals surface area contributed by atoms with Crippen molar-refractivity contribution in [2.45, 2.75) is 25.6 Å². The predicted octanol–water partition coefficient (Wildman–Crippen LogP) is 0.682. The molecule has 2 rings (SSSR count). The number of esters is 2. The summed E-state index contributed by atoms with van der Waals surface area (Å²) >= 11 is 0. The van der Waals surface area contributed by atoms with E-state index in [1.807, 2.05) is 12.2 Å². The van der Waals surface area contributed by atoms with Crippen LogP contribution in [-0.4, -0.2) is 37.9 Å². The van der Waals surface area contributed by atoms with E-state index in [1.165, 1.54) is 14.0 Å². The number of methoxy groups -OCH3 is 1. The fourth-order valence-electron chi connectivity index (χ4n) is 2.42. The van der Waals surface area contributed by atoms with Gasteiger partial charge < -0.3 is 14.2 Å². The summed E-state index contributed by atoms with van der Waals surface area (Å²) in [6.45, 7) is 1.39. The molecular weight excluding hydrogens is 224 g/mol. The Hall–Kier alpha value is -1.36. The zero-order chi connectivity index (χ0) is 12.4. The van der Waals surface area contributed by atoms with Gasteiger partial charge in [0.15, 0.2) is 0 Å². The minimum atomic E-state index is -0.441. The van der Waals surface area contributed by atoms with E-state index in [4.69, 9.17) is 14.2 Å². The van der Waals surface area contributed by atoms with Crippen LogP contribution in [0, 0.1) is 11.8 Å². The first-order chi connectivity index (χ1) is 8.11. The Bertz CT molecular complexity index is 349. The summed E-state index contributed by atoms with van der Waals surface area (Å²) < 4.78 is 15.3. The van der Waals surface area contributed by atoms with Gasteiger partial charge in [-0.3, -0.25) is 9.59 Å². The molecule has 0 N–H and O–H groups in total. The second-order valence-corrected chi connectivity index (χ2v) is 4.36. The van der Waals surface area contributed by atoms with Crippen LogP contribution >= 0.6 is 0 Å². The summed E-state index contributed by atoms with van der Waals surface area (Å²) in [5.41, 5.74) is 0. The zero-order valence-corrected chi connectivity index (χ0v) is 9.92. The molecule has 1 saturated heterocycles. The molecular formula is C12H16O5. The molecule has 0 saturated carbocycles. The van der Waals surface area contributed by atoms with Crippen LogP contribution in [0.2, 0.25) is 0 Å². The Labute approximate surface area is 99.7 Å². The number of rotatable bonds is 4. The maximum Gasteiger partial charge on any atom is 0.312 e. The van der Waals surface area contributed by atoms with E-state index in [1.54, 1.807) is 0 Å². The van der Waals surface area contributed by atoms with Gasteiger partial charge in [0.25, 0.3) is 0 Å². The third-order valence-corrected chi connectivity index (χ3v) is 3.26. The van der Waals surface area contributed by atoms with Gasteiger partial charge in [-0.1, -0.05) is 12.2 Å². The van der Waals surface area contributed by atoms with Gasteiger partial charge in [0, 0.05) is 12.8 Å². The lowest BCUT2D eigenvalue weighted by Gasteiger charge is -2.23. The number of hydrogen-bond donors (Lipinski definition) is 0. The molecule has 0 aliphatic carbocycles. The first kappa shape index (κ1) is 12.1. The van der Waals surface area contributed by atoms with Crippen molar-refractivity contribution < 1.29 is 23.8 Å². The fourth-order valence-corrected chi connectivity index (χ4v) is 2.42. The minimum Gasteiger partial charge on any atom is -0.469 e. The van der Waals surface area contributed by atoms with Crippen molar-refractivity contribution in [3.63, 3.8) is 0 Å². The molecule has 4 unspecified atom stereocenters. The van der Waals surface area contributed by atoms with Crippen LogP contribution in [0.3, 0.4) is 0 Å². The molecule has 1 fully saturated rings. The number of carbonyl (C=O) groups excluding carboxylic acids is 2. The lowest BCUT2D eigenvalue weighted by molar-refractivity contribution is -0.154. The highest BCUT2D eigenvalue weighted by Crippen LogP contribution is 2.38. The Morgan fingerprint density at radius 1 is 1.47 bits per heavy atom. The molecule has 0 radical (unpaired) electrons. The summed E-state index contributed by atoms with van der Waals surface area (Å²) in [5, 5.41) is 0. The molecule has 0 spiro atoms. The van der Waals surface area contributed by atoms with E-state index in [-0.39, 0.29) is 30.7 Å². The average Bonchev–Trinajstić information content (AvgIpc) is 2.90. The summed E-state index contributed by atoms with van der Waals surface area (Å²) in [6, 6.07) is 0. The van der Waals surface area contributed by atoms with Crippen LogP contribution in [-0.2, 0) is 23.8 Å². The van der Waals surface area contributed by atoms with Crippen LogP contribution in [0.1, 0.15) is 13.3 Å². The largest absolute Gasteiger partial charge is 0.469 e. The summed E-state index contributed by atoms with van der Waals surface area (Å²) in [6.07, 6.45) is 4.78. The highest BCUT2D eigenvalue weighted by atomic mass is 16.5. The van der Waals surface area contributed by atoms with Crippen LogP contribution < -0.4 is 0 Å². The number of carbonyl (C=O) groups is 2. The van der Waals surface area contributed by atoms with Crippen molar-refractivity contribution in [1.29, 1.82) is 0 Å². The normalized spacial score (nSPS) is 31.3. The quantitative estimate of drug-likeness (QED) is 0.534. The van der Waals surface area contributed by atoms with E-state index in [0.29, 0.717) is 0 Å². The third-order valence-electron chi connectivity index (χ3n) is 3.26. The third kappa shape index (κ3) is 2.49. The predicted molar refractivity (Wildman–Crippen MR) is 58.0 cm³/mol. The van der Waals surface area contributed by atoms with Crippen molar-refractivity contribution in [2.75, 3.05) is 13.7 Å². The fraction of sp³-hybridized carbons (Fsp3) is 0.667. The molecule has 0 aromatic carbocycles. The van der Waals surface area contributed by atoms with E-state index in [0.717, 1.165) is 6.42 Å². The molecule has 0 aromatic heterocycles. The van der Waals surface area contributed by atoms with Crippen molar-refractivity contribution >= 4 is 11.9 Å². The topological polar surface area (TPSA) is 61.8 Å². The van der Waals surface area contributed by atoms with Gasteiger partial charge in [0.05, 0.1) is 25.2 Å². The first-order valence-corrected chi connectivity index (χ1v) is 5.66. The van der Waals surface area contributed by atoms with Gasteiger partial charge in [-0.25, -0.2) is 0 Å². The van der Waals surface area contributed by atoms with Crippen LogP contribution in [0.25, 0.3) is 0 Å². The molecule has 2 aliphatic rings. The first-order valence-electron chi connectivity index (χ1n) is 5.66. The molecule has 17 heavy (non-hydrogen) atoms. The van der Waals surface area contributed by atoms with Crippen LogP contribution in [0.4, 0.5) is 0 Å². The van der Waals surface area contributed by atoms with E-state index in [2.05, 4.69) is 0 Å². The number of ether oxygens (including phenoxy) is 3. The molecule has 0 aromatic rings.